The lowest BCUT2D eigenvalue weighted by Gasteiger charge is -2.18. The van der Waals surface area contributed by atoms with E-state index < -0.39 is 11.6 Å². The van der Waals surface area contributed by atoms with Gasteiger partial charge in [0, 0.05) is 0 Å². The topological polar surface area (TPSA) is 89.3 Å². The number of aliphatic carboxylic acids is 1. The molecule has 0 aliphatic heterocycles. The first-order valence-electron chi connectivity index (χ1n) is 6.20. The van der Waals surface area contributed by atoms with Crippen molar-refractivity contribution in [3.63, 3.8) is 0 Å². The Morgan fingerprint density at radius 1 is 1.28 bits per heavy atom. The van der Waals surface area contributed by atoms with Crippen LogP contribution in [-0.2, 0) is 11.2 Å². The highest BCUT2D eigenvalue weighted by molar-refractivity contribution is 5.77. The third kappa shape index (κ3) is 4.13. The molecule has 1 aromatic rings. The molecule has 4 nitrogen and oxygen atoms in total. The average molecular weight is 250 g/mol. The molecule has 0 heterocycles. The SMILES string of the molecule is Cc1ccc(CCCCC(N)(N)C(=O)O)c(C)c1. The molecule has 0 spiro atoms. The van der Waals surface area contributed by atoms with Crippen LogP contribution in [0.25, 0.3) is 0 Å². The quantitative estimate of drug-likeness (QED) is 0.529. The predicted octanol–water partition coefficient (Wildman–Crippen LogP) is 1.71. The van der Waals surface area contributed by atoms with Crippen molar-refractivity contribution >= 4 is 5.97 Å². The molecule has 1 aromatic carbocycles. The number of benzene rings is 1. The summed E-state index contributed by atoms with van der Waals surface area (Å²) in [6.45, 7) is 4.16. The fourth-order valence-corrected chi connectivity index (χ4v) is 1.97. The Kier molecular flexibility index (Phi) is 4.87. The Morgan fingerprint density at radius 3 is 2.50 bits per heavy atom. The van der Waals surface area contributed by atoms with Crippen LogP contribution in [0, 0.1) is 13.8 Å². The summed E-state index contributed by atoms with van der Waals surface area (Å²) in [5.74, 6) is -1.14. The van der Waals surface area contributed by atoms with Gasteiger partial charge in [0.25, 0.3) is 0 Å². The van der Waals surface area contributed by atoms with E-state index in [1.54, 1.807) is 0 Å². The lowest BCUT2D eigenvalue weighted by Crippen LogP contribution is -2.56. The summed E-state index contributed by atoms with van der Waals surface area (Å²) in [4.78, 5) is 10.7. The molecule has 0 bridgehead atoms. The zero-order valence-electron chi connectivity index (χ0n) is 11.1. The minimum Gasteiger partial charge on any atom is -0.479 e. The number of unbranched alkanes of at least 4 members (excludes halogenated alkanes) is 1. The molecule has 0 aliphatic rings. The second kappa shape index (κ2) is 5.98. The van der Waals surface area contributed by atoms with Gasteiger partial charge in [0.15, 0.2) is 5.66 Å². The maximum Gasteiger partial charge on any atom is 0.338 e. The molecule has 18 heavy (non-hydrogen) atoms. The van der Waals surface area contributed by atoms with Gasteiger partial charge in [-0.1, -0.05) is 23.8 Å². The van der Waals surface area contributed by atoms with Crippen LogP contribution in [0.4, 0.5) is 0 Å². The average Bonchev–Trinajstić information content (AvgIpc) is 2.26. The number of rotatable bonds is 6. The molecular formula is C14H22N2O2. The second-order valence-corrected chi connectivity index (χ2v) is 4.98. The summed E-state index contributed by atoms with van der Waals surface area (Å²) in [5.41, 5.74) is 13.2. The van der Waals surface area contributed by atoms with E-state index in [0.717, 1.165) is 12.8 Å². The van der Waals surface area contributed by atoms with Gasteiger partial charge in [0.2, 0.25) is 0 Å². The van der Waals surface area contributed by atoms with Gasteiger partial charge in [-0.3, -0.25) is 0 Å². The van der Waals surface area contributed by atoms with Crippen molar-refractivity contribution in [3.8, 4) is 0 Å². The smallest absolute Gasteiger partial charge is 0.338 e. The van der Waals surface area contributed by atoms with Gasteiger partial charge in [-0.25, -0.2) is 4.79 Å². The van der Waals surface area contributed by atoms with Crippen LogP contribution in [0.3, 0.4) is 0 Å². The van der Waals surface area contributed by atoms with Crippen molar-refractivity contribution < 1.29 is 9.90 Å². The summed E-state index contributed by atoms with van der Waals surface area (Å²) in [6, 6.07) is 6.37. The molecule has 0 fully saturated rings. The van der Waals surface area contributed by atoms with Gasteiger partial charge < -0.3 is 16.6 Å². The monoisotopic (exact) mass is 250 g/mol. The number of hydrogen-bond donors (Lipinski definition) is 3. The van der Waals surface area contributed by atoms with Crippen molar-refractivity contribution in [2.45, 2.75) is 45.2 Å². The standard InChI is InChI=1S/C14H22N2O2/c1-10-6-7-12(11(2)9-10)5-3-4-8-14(15,16)13(17)18/h6-7,9H,3-5,8,15-16H2,1-2H3,(H,17,18). The van der Waals surface area contributed by atoms with Crippen LogP contribution in [0.5, 0.6) is 0 Å². The fraction of sp³-hybridized carbons (Fsp3) is 0.500. The molecule has 0 aliphatic carbocycles. The lowest BCUT2D eigenvalue weighted by atomic mass is 9.98. The van der Waals surface area contributed by atoms with E-state index in [1.165, 1.54) is 16.7 Å². The summed E-state index contributed by atoms with van der Waals surface area (Å²) < 4.78 is 0. The van der Waals surface area contributed by atoms with Crippen LogP contribution in [0.1, 0.15) is 36.0 Å². The Labute approximate surface area is 108 Å². The number of carboxylic acid groups (broad SMARTS) is 1. The number of aryl methyl sites for hydroxylation is 3. The Hall–Kier alpha value is -1.39. The number of nitrogens with two attached hydrogens (primary N) is 2. The van der Waals surface area contributed by atoms with Crippen molar-refractivity contribution in [1.82, 2.24) is 0 Å². The zero-order chi connectivity index (χ0) is 13.8. The minimum atomic E-state index is -1.59. The largest absolute Gasteiger partial charge is 0.479 e. The number of carboxylic acids is 1. The molecule has 0 radical (unpaired) electrons. The van der Waals surface area contributed by atoms with Gasteiger partial charge in [-0.15, -0.1) is 0 Å². The molecule has 0 amide bonds. The normalized spacial score (nSPS) is 11.6. The van der Waals surface area contributed by atoms with Gasteiger partial charge in [0.1, 0.15) is 0 Å². The van der Waals surface area contributed by atoms with Crippen LogP contribution in [0.2, 0.25) is 0 Å². The van der Waals surface area contributed by atoms with Gasteiger partial charge >= 0.3 is 5.97 Å². The van der Waals surface area contributed by atoms with Gasteiger partial charge in [-0.2, -0.15) is 0 Å². The molecule has 100 valence electrons. The van der Waals surface area contributed by atoms with Gasteiger partial charge in [-0.05, 0) is 50.7 Å². The van der Waals surface area contributed by atoms with Crippen molar-refractivity contribution in [3.05, 3.63) is 34.9 Å². The Balaban J connectivity index is 2.41. The van der Waals surface area contributed by atoms with E-state index in [1.807, 2.05) is 0 Å². The Bertz CT molecular complexity index is 428. The molecule has 4 heteroatoms. The molecule has 0 atom stereocenters. The minimum absolute atomic E-state index is 0.299. The molecule has 0 saturated heterocycles. The van der Waals surface area contributed by atoms with E-state index in [9.17, 15) is 4.79 Å². The molecule has 0 saturated carbocycles. The second-order valence-electron chi connectivity index (χ2n) is 4.98. The van der Waals surface area contributed by atoms with Crippen LogP contribution in [0.15, 0.2) is 18.2 Å². The van der Waals surface area contributed by atoms with Crippen LogP contribution in [-0.4, -0.2) is 16.7 Å². The zero-order valence-corrected chi connectivity index (χ0v) is 11.1. The predicted molar refractivity (Wildman–Crippen MR) is 72.2 cm³/mol. The van der Waals surface area contributed by atoms with Crippen LogP contribution < -0.4 is 11.5 Å². The molecule has 0 aromatic heterocycles. The summed E-state index contributed by atoms with van der Waals surface area (Å²) >= 11 is 0. The molecule has 1 rings (SSSR count). The first kappa shape index (κ1) is 14.7. The maximum atomic E-state index is 10.7. The van der Waals surface area contributed by atoms with Crippen LogP contribution >= 0.6 is 0 Å². The highest BCUT2D eigenvalue weighted by atomic mass is 16.4. The highest BCUT2D eigenvalue weighted by Gasteiger charge is 2.27. The Morgan fingerprint density at radius 2 is 1.94 bits per heavy atom. The first-order chi connectivity index (χ1) is 8.33. The van der Waals surface area contributed by atoms with E-state index in [4.69, 9.17) is 16.6 Å². The summed E-state index contributed by atoms with van der Waals surface area (Å²) in [6.07, 6.45) is 2.84. The summed E-state index contributed by atoms with van der Waals surface area (Å²) in [5, 5.41) is 8.78. The fourth-order valence-electron chi connectivity index (χ4n) is 1.97. The molecule has 5 N–H and O–H groups in total. The van der Waals surface area contributed by atoms with Crippen molar-refractivity contribution in [2.24, 2.45) is 11.5 Å². The highest BCUT2D eigenvalue weighted by Crippen LogP contribution is 2.15. The van der Waals surface area contributed by atoms with E-state index in [0.29, 0.717) is 12.8 Å². The van der Waals surface area contributed by atoms with E-state index in [-0.39, 0.29) is 0 Å². The summed E-state index contributed by atoms with van der Waals surface area (Å²) in [7, 11) is 0. The number of hydrogen-bond acceptors (Lipinski definition) is 3. The van der Waals surface area contributed by atoms with Gasteiger partial charge in [0.05, 0.1) is 0 Å². The number of carbonyl (C=O) groups is 1. The third-order valence-corrected chi connectivity index (χ3v) is 3.18. The lowest BCUT2D eigenvalue weighted by molar-refractivity contribution is -0.143. The molecular weight excluding hydrogens is 228 g/mol. The maximum absolute atomic E-state index is 10.7. The van der Waals surface area contributed by atoms with Crippen molar-refractivity contribution in [2.75, 3.05) is 0 Å². The van der Waals surface area contributed by atoms with E-state index in [2.05, 4.69) is 32.0 Å². The van der Waals surface area contributed by atoms with Crippen molar-refractivity contribution in [1.29, 1.82) is 0 Å². The third-order valence-electron chi connectivity index (χ3n) is 3.18. The molecule has 0 unspecified atom stereocenters. The first-order valence-corrected chi connectivity index (χ1v) is 6.20. The van der Waals surface area contributed by atoms with E-state index >= 15 is 0 Å².